The first kappa shape index (κ1) is 16.3. The van der Waals surface area contributed by atoms with E-state index in [2.05, 4.69) is 23.5 Å². The normalized spacial score (nSPS) is 27.7. The molecule has 0 radical (unpaired) electrons. The van der Waals surface area contributed by atoms with Gasteiger partial charge in [0.15, 0.2) is 0 Å². The monoisotopic (exact) mass is 320 g/mol. The van der Waals surface area contributed by atoms with Crippen LogP contribution in [0.4, 0.5) is 4.79 Å². The minimum Gasteiger partial charge on any atom is -0.444 e. The molecule has 1 saturated carbocycles. The van der Waals surface area contributed by atoms with Gasteiger partial charge in [-0.25, -0.2) is 4.79 Å². The Morgan fingerprint density at radius 2 is 2.00 bits per heavy atom. The molecule has 1 aliphatic carbocycles. The summed E-state index contributed by atoms with van der Waals surface area (Å²) in [6.45, 7) is 11.6. The van der Waals surface area contributed by atoms with Gasteiger partial charge >= 0.3 is 6.09 Å². The van der Waals surface area contributed by atoms with E-state index in [-0.39, 0.29) is 12.1 Å². The summed E-state index contributed by atoms with van der Waals surface area (Å²) in [6, 6.07) is 0.789. The zero-order chi connectivity index (χ0) is 16.9. The Balaban J connectivity index is 1.51. The number of carbonyl (C=O) groups is 1. The molecule has 128 valence electrons. The van der Waals surface area contributed by atoms with E-state index in [4.69, 9.17) is 4.74 Å². The van der Waals surface area contributed by atoms with Crippen molar-refractivity contribution in [3.63, 3.8) is 0 Å². The van der Waals surface area contributed by atoms with Crippen molar-refractivity contribution in [2.75, 3.05) is 13.1 Å². The van der Waals surface area contributed by atoms with E-state index in [0.717, 1.165) is 18.8 Å². The minimum atomic E-state index is -0.423. The Labute approximate surface area is 138 Å². The molecule has 3 rings (SSSR count). The van der Waals surface area contributed by atoms with Gasteiger partial charge in [-0.05, 0) is 46.5 Å². The molecular weight excluding hydrogens is 292 g/mol. The molecule has 0 spiro atoms. The van der Waals surface area contributed by atoms with E-state index in [1.807, 2.05) is 44.3 Å². The highest BCUT2D eigenvalue weighted by Crippen LogP contribution is 2.46. The van der Waals surface area contributed by atoms with Crippen LogP contribution in [0.3, 0.4) is 0 Å². The predicted molar refractivity (Wildman–Crippen MR) is 88.1 cm³/mol. The Morgan fingerprint density at radius 3 is 2.48 bits per heavy atom. The molecule has 6 nitrogen and oxygen atoms in total. The standard InChI is InChI=1S/C17H28N4O2/c1-10(12-7-20(6)19-11(12)2)18-15-13-8-21(9-14(13)15)16(22)23-17(3,4)5/h7,10,13-15,18H,8-9H2,1-6H3. The number of hydrogen-bond acceptors (Lipinski definition) is 4. The number of amides is 1. The second kappa shape index (κ2) is 5.51. The quantitative estimate of drug-likeness (QED) is 0.928. The lowest BCUT2D eigenvalue weighted by molar-refractivity contribution is 0.0269. The number of hydrogen-bond donors (Lipinski definition) is 1. The Hall–Kier alpha value is -1.56. The summed E-state index contributed by atoms with van der Waals surface area (Å²) in [5.41, 5.74) is 1.91. The van der Waals surface area contributed by atoms with E-state index >= 15 is 0 Å². The third kappa shape index (κ3) is 3.37. The molecule has 1 aromatic rings. The van der Waals surface area contributed by atoms with Crippen molar-refractivity contribution in [2.45, 2.75) is 52.3 Å². The van der Waals surface area contributed by atoms with Crippen LogP contribution in [-0.2, 0) is 11.8 Å². The van der Waals surface area contributed by atoms with Crippen LogP contribution in [0.2, 0.25) is 0 Å². The zero-order valence-electron chi connectivity index (χ0n) is 15.0. The molecule has 1 aromatic heterocycles. The molecule has 0 aromatic carbocycles. The van der Waals surface area contributed by atoms with Gasteiger partial charge in [0.25, 0.3) is 0 Å². The molecule has 23 heavy (non-hydrogen) atoms. The SMILES string of the molecule is Cc1nn(C)cc1C(C)NC1C2CN(C(=O)OC(C)(C)C)CC21. The first-order valence-electron chi connectivity index (χ1n) is 8.40. The first-order valence-corrected chi connectivity index (χ1v) is 8.40. The van der Waals surface area contributed by atoms with Gasteiger partial charge < -0.3 is 15.0 Å². The van der Waals surface area contributed by atoms with Crippen LogP contribution in [0.25, 0.3) is 0 Å². The fourth-order valence-electron chi connectivity index (χ4n) is 3.67. The van der Waals surface area contributed by atoms with Gasteiger partial charge in [0, 0.05) is 44.0 Å². The van der Waals surface area contributed by atoms with Gasteiger partial charge in [-0.2, -0.15) is 5.10 Å². The van der Waals surface area contributed by atoms with E-state index in [1.54, 1.807) is 0 Å². The number of aryl methyl sites for hydroxylation is 2. The summed E-state index contributed by atoms with van der Waals surface area (Å²) in [6.07, 6.45) is 1.90. The number of nitrogens with zero attached hydrogens (tertiary/aromatic N) is 3. The Bertz CT molecular complexity index is 592. The maximum Gasteiger partial charge on any atom is 0.410 e. The highest BCUT2D eigenvalue weighted by molar-refractivity contribution is 5.69. The van der Waals surface area contributed by atoms with Crippen LogP contribution in [0.1, 0.15) is 45.0 Å². The number of nitrogens with one attached hydrogen (secondary N) is 1. The largest absolute Gasteiger partial charge is 0.444 e. The van der Waals surface area contributed by atoms with Crippen molar-refractivity contribution >= 4 is 6.09 Å². The van der Waals surface area contributed by atoms with Crippen molar-refractivity contribution in [1.29, 1.82) is 0 Å². The zero-order valence-corrected chi connectivity index (χ0v) is 15.0. The third-order valence-electron chi connectivity index (χ3n) is 4.81. The summed E-state index contributed by atoms with van der Waals surface area (Å²) in [4.78, 5) is 13.9. The van der Waals surface area contributed by atoms with Crippen LogP contribution < -0.4 is 5.32 Å². The van der Waals surface area contributed by atoms with Crippen LogP contribution in [0.5, 0.6) is 0 Å². The lowest BCUT2D eigenvalue weighted by Gasteiger charge is -2.26. The van der Waals surface area contributed by atoms with Gasteiger partial charge in [0.2, 0.25) is 0 Å². The number of piperidine rings is 1. The lowest BCUT2D eigenvalue weighted by atomic mass is 10.1. The van der Waals surface area contributed by atoms with Crippen LogP contribution >= 0.6 is 0 Å². The van der Waals surface area contributed by atoms with E-state index in [9.17, 15) is 4.79 Å². The second-order valence-electron chi connectivity index (χ2n) is 7.97. The highest BCUT2D eigenvalue weighted by atomic mass is 16.6. The highest BCUT2D eigenvalue weighted by Gasteiger charge is 2.57. The van der Waals surface area contributed by atoms with Crippen LogP contribution in [-0.4, -0.2) is 45.5 Å². The third-order valence-corrected chi connectivity index (χ3v) is 4.81. The fraction of sp³-hybridized carbons (Fsp3) is 0.765. The van der Waals surface area contributed by atoms with Crippen molar-refractivity contribution in [2.24, 2.45) is 18.9 Å². The van der Waals surface area contributed by atoms with Crippen LogP contribution in [0, 0.1) is 18.8 Å². The van der Waals surface area contributed by atoms with Crippen molar-refractivity contribution in [3.05, 3.63) is 17.5 Å². The molecule has 1 N–H and O–H groups in total. The molecule has 3 unspecified atom stereocenters. The van der Waals surface area contributed by atoms with Crippen molar-refractivity contribution in [3.8, 4) is 0 Å². The average Bonchev–Trinajstić information content (AvgIpc) is 2.77. The number of fused-ring (bicyclic) bond motifs is 1. The smallest absolute Gasteiger partial charge is 0.410 e. The van der Waals surface area contributed by atoms with Gasteiger partial charge in [-0.3, -0.25) is 4.68 Å². The molecule has 2 aliphatic rings. The van der Waals surface area contributed by atoms with Crippen molar-refractivity contribution < 1.29 is 9.53 Å². The van der Waals surface area contributed by atoms with Gasteiger partial charge in [-0.1, -0.05) is 0 Å². The summed E-state index contributed by atoms with van der Waals surface area (Å²) >= 11 is 0. The van der Waals surface area contributed by atoms with Crippen LogP contribution in [0.15, 0.2) is 6.20 Å². The number of likely N-dealkylation sites (tertiary alicyclic amines) is 1. The molecule has 2 heterocycles. The number of aromatic nitrogens is 2. The topological polar surface area (TPSA) is 59.4 Å². The molecule has 1 amide bonds. The van der Waals surface area contributed by atoms with E-state index in [0.29, 0.717) is 17.9 Å². The molecule has 3 atom stereocenters. The second-order valence-corrected chi connectivity index (χ2v) is 7.97. The average molecular weight is 320 g/mol. The number of ether oxygens (including phenoxy) is 1. The summed E-state index contributed by atoms with van der Waals surface area (Å²) in [5, 5.41) is 8.11. The summed E-state index contributed by atoms with van der Waals surface area (Å²) in [5.74, 6) is 1.11. The maximum absolute atomic E-state index is 12.1. The Kier molecular flexibility index (Phi) is 3.91. The number of carbonyl (C=O) groups excluding carboxylic acids is 1. The first-order chi connectivity index (χ1) is 10.7. The molecule has 0 bridgehead atoms. The minimum absolute atomic E-state index is 0.181. The van der Waals surface area contributed by atoms with Crippen molar-refractivity contribution in [1.82, 2.24) is 20.0 Å². The molecular formula is C17H28N4O2. The van der Waals surface area contributed by atoms with Gasteiger partial charge in [0.1, 0.15) is 5.60 Å². The van der Waals surface area contributed by atoms with Gasteiger partial charge in [-0.15, -0.1) is 0 Å². The molecule has 1 aliphatic heterocycles. The van der Waals surface area contributed by atoms with E-state index in [1.165, 1.54) is 5.56 Å². The van der Waals surface area contributed by atoms with E-state index < -0.39 is 5.60 Å². The number of rotatable bonds is 3. The molecule has 1 saturated heterocycles. The molecule has 2 fully saturated rings. The summed E-state index contributed by atoms with van der Waals surface area (Å²) in [7, 11) is 1.95. The fourth-order valence-corrected chi connectivity index (χ4v) is 3.67. The summed E-state index contributed by atoms with van der Waals surface area (Å²) < 4.78 is 7.31. The predicted octanol–water partition coefficient (Wildman–Crippen LogP) is 2.24. The maximum atomic E-state index is 12.1. The Morgan fingerprint density at radius 1 is 1.39 bits per heavy atom. The lowest BCUT2D eigenvalue weighted by Crippen LogP contribution is -2.39. The van der Waals surface area contributed by atoms with Gasteiger partial charge in [0.05, 0.1) is 5.69 Å². The molecule has 6 heteroatoms.